The maximum Gasteiger partial charge on any atom is 0.232 e. The lowest BCUT2D eigenvalue weighted by molar-refractivity contribution is 0.101. The molecular formula is C26H24O6. The molecule has 0 radical (unpaired) electrons. The summed E-state index contributed by atoms with van der Waals surface area (Å²) in [7, 11) is 4.65. The molecule has 6 nitrogen and oxygen atoms in total. The predicted molar refractivity (Wildman–Crippen MR) is 121 cm³/mol. The molecule has 0 amide bonds. The number of carbonyl (C=O) groups is 1. The predicted octanol–water partition coefficient (Wildman–Crippen LogP) is 5.22. The van der Waals surface area contributed by atoms with E-state index in [0.29, 0.717) is 46.5 Å². The minimum absolute atomic E-state index is 0.191. The van der Waals surface area contributed by atoms with Gasteiger partial charge in [0.2, 0.25) is 5.78 Å². The SMILES string of the molecule is COc1cc(OC)c(OC)cc1/C=C1\Oc2cc(OCc3ccccc3)cc(C)c2C1=O. The largest absolute Gasteiger partial charge is 0.496 e. The second kappa shape index (κ2) is 9.06. The standard InChI is InChI=1S/C26H24O6/c1-16-10-19(31-15-17-8-6-5-7-9-17)13-23-25(16)26(27)24(32-23)12-18-11-21(29-3)22(30-4)14-20(18)28-2/h5-14H,15H2,1-4H3/b24-12-. The van der Waals surface area contributed by atoms with Crippen LogP contribution in [0.5, 0.6) is 28.7 Å². The third-order valence-corrected chi connectivity index (χ3v) is 5.21. The molecule has 0 fully saturated rings. The number of fused-ring (bicyclic) bond motifs is 1. The van der Waals surface area contributed by atoms with Gasteiger partial charge in [-0.15, -0.1) is 0 Å². The zero-order chi connectivity index (χ0) is 22.7. The zero-order valence-corrected chi connectivity index (χ0v) is 18.4. The summed E-state index contributed by atoms with van der Waals surface area (Å²) in [6, 6.07) is 16.9. The number of ether oxygens (including phenoxy) is 5. The van der Waals surface area contributed by atoms with E-state index in [2.05, 4.69) is 0 Å². The van der Waals surface area contributed by atoms with E-state index < -0.39 is 0 Å². The van der Waals surface area contributed by atoms with E-state index in [-0.39, 0.29) is 11.5 Å². The molecule has 32 heavy (non-hydrogen) atoms. The quantitative estimate of drug-likeness (QED) is 0.477. The minimum atomic E-state index is -0.191. The van der Waals surface area contributed by atoms with Crippen molar-refractivity contribution >= 4 is 11.9 Å². The van der Waals surface area contributed by atoms with Crippen molar-refractivity contribution in [2.45, 2.75) is 13.5 Å². The number of ketones is 1. The molecule has 0 aromatic heterocycles. The van der Waals surface area contributed by atoms with Crippen LogP contribution < -0.4 is 23.7 Å². The van der Waals surface area contributed by atoms with Gasteiger partial charge in [-0.25, -0.2) is 0 Å². The molecule has 1 aliphatic rings. The van der Waals surface area contributed by atoms with Crippen LogP contribution in [0, 0.1) is 6.92 Å². The van der Waals surface area contributed by atoms with Crippen LogP contribution in [0.25, 0.3) is 6.08 Å². The molecule has 0 atom stereocenters. The summed E-state index contributed by atoms with van der Waals surface area (Å²) >= 11 is 0. The fraction of sp³-hybridized carbons (Fsp3) is 0.192. The van der Waals surface area contributed by atoms with Crippen molar-refractivity contribution in [1.82, 2.24) is 0 Å². The number of benzene rings is 3. The van der Waals surface area contributed by atoms with Crippen molar-refractivity contribution in [3.63, 3.8) is 0 Å². The molecular weight excluding hydrogens is 408 g/mol. The lowest BCUT2D eigenvalue weighted by Gasteiger charge is -2.12. The Labute approximate surface area is 186 Å². The fourth-order valence-electron chi connectivity index (χ4n) is 3.61. The Kier molecular flexibility index (Phi) is 6.03. The smallest absolute Gasteiger partial charge is 0.232 e. The maximum absolute atomic E-state index is 13.1. The van der Waals surface area contributed by atoms with Gasteiger partial charge in [0.05, 0.1) is 26.9 Å². The summed E-state index contributed by atoms with van der Waals surface area (Å²) < 4.78 is 28.0. The van der Waals surface area contributed by atoms with Crippen molar-refractivity contribution < 1.29 is 28.5 Å². The molecule has 6 heteroatoms. The average Bonchev–Trinajstić information content (AvgIpc) is 3.13. The van der Waals surface area contributed by atoms with Crippen LogP contribution in [0.3, 0.4) is 0 Å². The molecule has 0 N–H and O–H groups in total. The molecule has 4 rings (SSSR count). The van der Waals surface area contributed by atoms with Crippen LogP contribution in [-0.4, -0.2) is 27.1 Å². The maximum atomic E-state index is 13.1. The third-order valence-electron chi connectivity index (χ3n) is 5.21. The van der Waals surface area contributed by atoms with E-state index in [4.69, 9.17) is 23.7 Å². The number of Topliss-reactive ketones (excluding diaryl/α,β-unsaturated/α-hetero) is 1. The summed E-state index contributed by atoms with van der Waals surface area (Å²) in [5, 5.41) is 0. The van der Waals surface area contributed by atoms with Gasteiger partial charge in [-0.2, -0.15) is 0 Å². The van der Waals surface area contributed by atoms with Gasteiger partial charge in [0.1, 0.15) is 23.9 Å². The van der Waals surface area contributed by atoms with Gasteiger partial charge in [0.25, 0.3) is 0 Å². The number of hydrogen-bond acceptors (Lipinski definition) is 6. The normalized spacial score (nSPS) is 13.5. The van der Waals surface area contributed by atoms with E-state index in [1.807, 2.05) is 43.3 Å². The number of carbonyl (C=O) groups excluding carboxylic acids is 1. The highest BCUT2D eigenvalue weighted by Gasteiger charge is 2.30. The average molecular weight is 432 g/mol. The summed E-state index contributed by atoms with van der Waals surface area (Å²) in [5.74, 6) is 2.72. The summed E-state index contributed by atoms with van der Waals surface area (Å²) in [4.78, 5) is 13.1. The van der Waals surface area contributed by atoms with Gasteiger partial charge in [-0.05, 0) is 36.3 Å². The molecule has 3 aromatic rings. The monoisotopic (exact) mass is 432 g/mol. The molecule has 3 aromatic carbocycles. The Morgan fingerprint density at radius 1 is 0.875 bits per heavy atom. The van der Waals surface area contributed by atoms with E-state index in [9.17, 15) is 4.79 Å². The van der Waals surface area contributed by atoms with Gasteiger partial charge in [0.15, 0.2) is 17.3 Å². The van der Waals surface area contributed by atoms with Crippen molar-refractivity contribution in [2.24, 2.45) is 0 Å². The van der Waals surface area contributed by atoms with Gasteiger partial charge in [0, 0.05) is 17.7 Å². The summed E-state index contributed by atoms with van der Waals surface area (Å²) in [6.45, 7) is 2.30. The van der Waals surface area contributed by atoms with E-state index >= 15 is 0 Å². The first-order valence-electron chi connectivity index (χ1n) is 10.1. The summed E-state index contributed by atoms with van der Waals surface area (Å²) in [5.41, 5.74) is 3.02. The highest BCUT2D eigenvalue weighted by atomic mass is 16.5. The van der Waals surface area contributed by atoms with Gasteiger partial charge >= 0.3 is 0 Å². The van der Waals surface area contributed by atoms with Gasteiger partial charge in [-0.1, -0.05) is 30.3 Å². The van der Waals surface area contributed by atoms with Crippen molar-refractivity contribution in [3.05, 3.63) is 82.6 Å². The topological polar surface area (TPSA) is 63.2 Å². The lowest BCUT2D eigenvalue weighted by Crippen LogP contribution is -2.01. The highest BCUT2D eigenvalue weighted by molar-refractivity contribution is 6.15. The van der Waals surface area contributed by atoms with Crippen molar-refractivity contribution in [2.75, 3.05) is 21.3 Å². The molecule has 0 spiro atoms. The van der Waals surface area contributed by atoms with E-state index in [0.717, 1.165) is 11.1 Å². The first-order chi connectivity index (χ1) is 15.5. The number of methoxy groups -OCH3 is 3. The molecule has 1 aliphatic heterocycles. The first kappa shape index (κ1) is 21.3. The van der Waals surface area contributed by atoms with Crippen LogP contribution in [0.2, 0.25) is 0 Å². The van der Waals surface area contributed by atoms with Crippen LogP contribution >= 0.6 is 0 Å². The zero-order valence-electron chi connectivity index (χ0n) is 18.4. The number of aryl methyl sites for hydroxylation is 1. The van der Waals surface area contributed by atoms with Crippen molar-refractivity contribution in [1.29, 1.82) is 0 Å². The van der Waals surface area contributed by atoms with Crippen molar-refractivity contribution in [3.8, 4) is 28.7 Å². The third kappa shape index (κ3) is 4.12. The molecule has 0 saturated heterocycles. The van der Waals surface area contributed by atoms with Crippen LogP contribution in [-0.2, 0) is 6.61 Å². The van der Waals surface area contributed by atoms with Gasteiger partial charge in [-0.3, -0.25) is 4.79 Å². The second-order valence-corrected chi connectivity index (χ2v) is 7.28. The Bertz CT molecular complexity index is 1180. The molecule has 0 unspecified atom stereocenters. The van der Waals surface area contributed by atoms with Crippen LogP contribution in [0.1, 0.15) is 27.0 Å². The second-order valence-electron chi connectivity index (χ2n) is 7.28. The molecule has 0 aliphatic carbocycles. The Morgan fingerprint density at radius 2 is 1.56 bits per heavy atom. The number of allylic oxidation sites excluding steroid dienone is 1. The van der Waals surface area contributed by atoms with E-state index in [1.54, 1.807) is 45.6 Å². The molecule has 164 valence electrons. The van der Waals surface area contributed by atoms with Crippen LogP contribution in [0.15, 0.2) is 60.4 Å². The molecule has 0 bridgehead atoms. The Morgan fingerprint density at radius 3 is 2.25 bits per heavy atom. The lowest BCUT2D eigenvalue weighted by atomic mass is 10.0. The first-order valence-corrected chi connectivity index (χ1v) is 10.1. The fourth-order valence-corrected chi connectivity index (χ4v) is 3.61. The summed E-state index contributed by atoms with van der Waals surface area (Å²) in [6.07, 6.45) is 1.65. The minimum Gasteiger partial charge on any atom is -0.496 e. The molecule has 1 heterocycles. The highest BCUT2D eigenvalue weighted by Crippen LogP contribution is 2.40. The van der Waals surface area contributed by atoms with Gasteiger partial charge < -0.3 is 23.7 Å². The number of hydrogen-bond donors (Lipinski definition) is 0. The van der Waals surface area contributed by atoms with Crippen LogP contribution in [0.4, 0.5) is 0 Å². The Hall–Kier alpha value is -3.93. The Balaban J connectivity index is 1.63. The van der Waals surface area contributed by atoms with E-state index in [1.165, 1.54) is 0 Å². The molecule has 0 saturated carbocycles. The number of rotatable bonds is 7.